The van der Waals surface area contributed by atoms with Crippen molar-refractivity contribution in [1.82, 2.24) is 15.8 Å². The van der Waals surface area contributed by atoms with Gasteiger partial charge in [0, 0.05) is 6.04 Å². The first-order valence-electron chi connectivity index (χ1n) is 4.99. The second kappa shape index (κ2) is 2.98. The van der Waals surface area contributed by atoms with Gasteiger partial charge in [0.25, 0.3) is 0 Å². The van der Waals surface area contributed by atoms with Crippen molar-refractivity contribution in [2.75, 3.05) is 0 Å². The maximum atomic E-state index is 3.55. The Labute approximate surface area is 74.5 Å². The van der Waals surface area contributed by atoms with Crippen LogP contribution in [0.3, 0.4) is 0 Å². The molecule has 70 valence electrons. The number of nitrogens with one attached hydrogen (secondary N) is 2. The fourth-order valence-corrected chi connectivity index (χ4v) is 2.32. The van der Waals surface area contributed by atoms with E-state index in [0.717, 1.165) is 5.92 Å². The molecule has 0 aromatic carbocycles. The highest BCUT2D eigenvalue weighted by molar-refractivity contribution is 4.88. The molecular formula is C9H19N3. The lowest BCUT2D eigenvalue weighted by atomic mass is 9.93. The lowest BCUT2D eigenvalue weighted by Gasteiger charge is -2.38. The Balaban J connectivity index is 2.09. The Morgan fingerprint density at radius 2 is 1.92 bits per heavy atom. The van der Waals surface area contributed by atoms with E-state index in [0.29, 0.717) is 18.4 Å². The van der Waals surface area contributed by atoms with Crippen LogP contribution in [-0.4, -0.2) is 23.4 Å². The van der Waals surface area contributed by atoms with E-state index in [1.54, 1.807) is 0 Å². The number of nitrogens with zero attached hydrogens (tertiary/aromatic N) is 1. The molecule has 0 aromatic rings. The smallest absolute Gasteiger partial charge is 0.0774 e. The van der Waals surface area contributed by atoms with E-state index in [2.05, 4.69) is 36.5 Å². The van der Waals surface area contributed by atoms with E-state index < -0.39 is 0 Å². The summed E-state index contributed by atoms with van der Waals surface area (Å²) in [6.07, 6.45) is 3.67. The Kier molecular flexibility index (Phi) is 2.10. The molecule has 3 heteroatoms. The van der Waals surface area contributed by atoms with Gasteiger partial charge in [0.2, 0.25) is 0 Å². The van der Waals surface area contributed by atoms with Crippen molar-refractivity contribution >= 4 is 0 Å². The summed E-state index contributed by atoms with van der Waals surface area (Å²) in [6.45, 7) is 6.81. The van der Waals surface area contributed by atoms with Crippen LogP contribution in [0.15, 0.2) is 0 Å². The molecule has 2 aliphatic rings. The van der Waals surface area contributed by atoms with Gasteiger partial charge in [-0.05, 0) is 32.6 Å². The summed E-state index contributed by atoms with van der Waals surface area (Å²) >= 11 is 0. The third-order valence-corrected chi connectivity index (χ3v) is 3.12. The normalized spacial score (nSPS) is 49.2. The maximum Gasteiger partial charge on any atom is 0.0774 e. The van der Waals surface area contributed by atoms with Crippen LogP contribution >= 0.6 is 0 Å². The van der Waals surface area contributed by atoms with Crippen LogP contribution in [0.5, 0.6) is 0 Å². The number of hydrogen-bond donors (Lipinski definition) is 2. The molecule has 0 aromatic heterocycles. The number of rotatable bonds is 0. The van der Waals surface area contributed by atoms with Crippen molar-refractivity contribution in [1.29, 1.82) is 0 Å². The van der Waals surface area contributed by atoms with Crippen molar-refractivity contribution in [3.8, 4) is 0 Å². The minimum absolute atomic E-state index is 0.443. The Bertz CT molecular complexity index is 153. The van der Waals surface area contributed by atoms with Crippen molar-refractivity contribution in [2.24, 2.45) is 5.92 Å². The molecule has 0 aliphatic carbocycles. The quantitative estimate of drug-likeness (QED) is 0.564. The Morgan fingerprint density at radius 3 is 2.58 bits per heavy atom. The van der Waals surface area contributed by atoms with Gasteiger partial charge in [-0.2, -0.15) is 0 Å². The second-order valence-electron chi connectivity index (χ2n) is 4.27. The van der Waals surface area contributed by atoms with E-state index in [1.165, 1.54) is 12.8 Å². The van der Waals surface area contributed by atoms with Crippen LogP contribution in [0.25, 0.3) is 0 Å². The van der Waals surface area contributed by atoms with Crippen LogP contribution < -0.4 is 10.7 Å². The number of hydrazine groups is 1. The molecule has 12 heavy (non-hydrogen) atoms. The molecule has 0 radical (unpaired) electrons. The number of piperidine rings is 1. The highest BCUT2D eigenvalue weighted by Gasteiger charge is 2.38. The Hall–Kier alpha value is -0.120. The van der Waals surface area contributed by atoms with Gasteiger partial charge in [-0.15, -0.1) is 0 Å². The summed E-state index contributed by atoms with van der Waals surface area (Å²) in [5, 5.41) is 5.94. The third-order valence-electron chi connectivity index (χ3n) is 3.12. The van der Waals surface area contributed by atoms with Gasteiger partial charge < -0.3 is 0 Å². The SMILES string of the molecule is CC1CCC(C)N2N[C@H](C)NC12. The maximum absolute atomic E-state index is 3.55. The van der Waals surface area contributed by atoms with Crippen LogP contribution in [0.4, 0.5) is 0 Å². The van der Waals surface area contributed by atoms with Crippen LogP contribution in [0.2, 0.25) is 0 Å². The zero-order valence-electron chi connectivity index (χ0n) is 8.17. The molecule has 2 heterocycles. The summed E-state index contributed by atoms with van der Waals surface area (Å²) < 4.78 is 0. The highest BCUT2D eigenvalue weighted by atomic mass is 15.7. The molecule has 4 atom stereocenters. The van der Waals surface area contributed by atoms with E-state index in [4.69, 9.17) is 0 Å². The summed E-state index contributed by atoms with van der Waals surface area (Å²) in [4.78, 5) is 0. The van der Waals surface area contributed by atoms with E-state index in [-0.39, 0.29) is 0 Å². The molecule has 0 amide bonds. The van der Waals surface area contributed by atoms with Crippen molar-refractivity contribution in [3.05, 3.63) is 0 Å². The van der Waals surface area contributed by atoms with Gasteiger partial charge in [-0.1, -0.05) is 6.92 Å². The number of fused-ring (bicyclic) bond motifs is 1. The minimum Gasteiger partial charge on any atom is -0.284 e. The molecule has 2 N–H and O–H groups in total. The van der Waals surface area contributed by atoms with E-state index >= 15 is 0 Å². The topological polar surface area (TPSA) is 27.3 Å². The molecule has 0 spiro atoms. The zero-order valence-corrected chi connectivity index (χ0v) is 8.17. The molecular weight excluding hydrogens is 150 g/mol. The highest BCUT2D eigenvalue weighted by Crippen LogP contribution is 2.27. The zero-order chi connectivity index (χ0) is 8.72. The van der Waals surface area contributed by atoms with Crippen LogP contribution in [0.1, 0.15) is 33.6 Å². The van der Waals surface area contributed by atoms with Crippen LogP contribution in [-0.2, 0) is 0 Å². The van der Waals surface area contributed by atoms with Gasteiger partial charge >= 0.3 is 0 Å². The largest absolute Gasteiger partial charge is 0.284 e. The molecule has 0 bridgehead atoms. The molecule has 2 rings (SSSR count). The van der Waals surface area contributed by atoms with Crippen molar-refractivity contribution in [2.45, 2.75) is 52.0 Å². The lowest BCUT2D eigenvalue weighted by Crippen LogP contribution is -2.52. The molecule has 2 aliphatic heterocycles. The van der Waals surface area contributed by atoms with Gasteiger partial charge in [0.1, 0.15) is 0 Å². The van der Waals surface area contributed by atoms with Gasteiger partial charge in [0.15, 0.2) is 0 Å². The van der Waals surface area contributed by atoms with Gasteiger partial charge in [-0.3, -0.25) is 5.32 Å². The monoisotopic (exact) mass is 169 g/mol. The standard InChI is InChI=1S/C9H19N3/c1-6-4-5-7(2)12-9(6)10-8(3)11-12/h6-11H,4-5H2,1-3H3/t6?,7?,8-,9?/m1/s1. The van der Waals surface area contributed by atoms with Crippen molar-refractivity contribution < 1.29 is 0 Å². The first kappa shape index (κ1) is 8.48. The Morgan fingerprint density at radius 1 is 1.17 bits per heavy atom. The predicted octanol–water partition coefficient (Wildman–Crippen LogP) is 0.887. The minimum atomic E-state index is 0.443. The summed E-state index contributed by atoms with van der Waals surface area (Å²) in [7, 11) is 0. The average Bonchev–Trinajstić information content (AvgIpc) is 2.41. The van der Waals surface area contributed by atoms with Crippen molar-refractivity contribution in [3.63, 3.8) is 0 Å². The van der Waals surface area contributed by atoms with Gasteiger partial charge in [-0.25, -0.2) is 10.4 Å². The third kappa shape index (κ3) is 1.26. The van der Waals surface area contributed by atoms with E-state index in [9.17, 15) is 0 Å². The summed E-state index contributed by atoms with van der Waals surface area (Å²) in [6, 6.07) is 0.684. The summed E-state index contributed by atoms with van der Waals surface area (Å²) in [5.74, 6) is 0.777. The van der Waals surface area contributed by atoms with E-state index in [1.807, 2.05) is 0 Å². The fraction of sp³-hybridized carbons (Fsp3) is 1.00. The molecule has 3 nitrogen and oxygen atoms in total. The first-order valence-corrected chi connectivity index (χ1v) is 4.99. The van der Waals surface area contributed by atoms with Crippen LogP contribution in [0, 0.1) is 5.92 Å². The predicted molar refractivity (Wildman–Crippen MR) is 49.2 cm³/mol. The number of hydrogen-bond acceptors (Lipinski definition) is 3. The molecule has 3 unspecified atom stereocenters. The summed E-state index contributed by atoms with van der Waals surface area (Å²) in [5.41, 5.74) is 3.46. The molecule has 0 saturated carbocycles. The first-order chi connectivity index (χ1) is 5.68. The second-order valence-corrected chi connectivity index (χ2v) is 4.27. The fourth-order valence-electron chi connectivity index (χ4n) is 2.32. The average molecular weight is 169 g/mol. The van der Waals surface area contributed by atoms with Gasteiger partial charge in [0.05, 0.1) is 12.3 Å². The molecule has 2 fully saturated rings. The molecule has 2 saturated heterocycles. The lowest BCUT2D eigenvalue weighted by molar-refractivity contribution is 0.0423.